The molecule has 0 radical (unpaired) electrons. The summed E-state index contributed by atoms with van der Waals surface area (Å²) in [6.45, 7) is 0. The molecule has 1 saturated carbocycles. The van der Waals surface area contributed by atoms with Crippen LogP contribution < -0.4 is 5.32 Å². The van der Waals surface area contributed by atoms with Gasteiger partial charge in [-0.3, -0.25) is 0 Å². The molecular formula is C10H12N4O. The average Bonchev–Trinajstić information content (AvgIpc) is 2.23. The predicted molar refractivity (Wildman–Crippen MR) is 54.2 cm³/mol. The van der Waals surface area contributed by atoms with Gasteiger partial charge in [-0.25, -0.2) is 9.97 Å². The first kappa shape index (κ1) is 9.87. The van der Waals surface area contributed by atoms with Crippen LogP contribution >= 0.6 is 0 Å². The molecule has 0 saturated heterocycles. The Morgan fingerprint density at radius 2 is 2.40 bits per heavy atom. The molecule has 0 atom stereocenters. The molecular weight excluding hydrogens is 192 g/mol. The third kappa shape index (κ3) is 2.22. The van der Waals surface area contributed by atoms with E-state index in [1.807, 2.05) is 6.07 Å². The second-order valence-electron chi connectivity index (χ2n) is 3.55. The largest absolute Gasteiger partial charge is 0.381 e. The van der Waals surface area contributed by atoms with Crippen LogP contribution in [0.5, 0.6) is 0 Å². The summed E-state index contributed by atoms with van der Waals surface area (Å²) in [7, 11) is 1.72. The van der Waals surface area contributed by atoms with Gasteiger partial charge in [-0.15, -0.1) is 0 Å². The number of aromatic nitrogens is 2. The van der Waals surface area contributed by atoms with Gasteiger partial charge in [-0.2, -0.15) is 5.26 Å². The van der Waals surface area contributed by atoms with Gasteiger partial charge < -0.3 is 10.1 Å². The van der Waals surface area contributed by atoms with E-state index < -0.39 is 0 Å². The first-order valence-corrected chi connectivity index (χ1v) is 4.84. The van der Waals surface area contributed by atoms with E-state index in [1.54, 1.807) is 19.4 Å². The number of hydrogen-bond donors (Lipinski definition) is 1. The Labute approximate surface area is 88.1 Å². The van der Waals surface area contributed by atoms with Gasteiger partial charge in [-0.05, 0) is 18.9 Å². The van der Waals surface area contributed by atoms with Crippen LogP contribution in [-0.4, -0.2) is 29.2 Å². The molecule has 1 fully saturated rings. The zero-order valence-electron chi connectivity index (χ0n) is 8.47. The fourth-order valence-corrected chi connectivity index (χ4v) is 1.55. The van der Waals surface area contributed by atoms with E-state index >= 15 is 0 Å². The van der Waals surface area contributed by atoms with E-state index in [0.717, 1.165) is 12.8 Å². The highest BCUT2D eigenvalue weighted by molar-refractivity contribution is 5.31. The minimum Gasteiger partial charge on any atom is -0.381 e. The Hall–Kier alpha value is -1.67. The summed E-state index contributed by atoms with van der Waals surface area (Å²) < 4.78 is 5.17. The summed E-state index contributed by atoms with van der Waals surface area (Å²) in [4.78, 5) is 8.09. The summed E-state index contributed by atoms with van der Waals surface area (Å²) in [5.74, 6) is 0.522. The third-order valence-electron chi connectivity index (χ3n) is 2.53. The quantitative estimate of drug-likeness (QED) is 0.793. The van der Waals surface area contributed by atoms with Crippen molar-refractivity contribution in [2.75, 3.05) is 12.4 Å². The van der Waals surface area contributed by atoms with Crippen molar-refractivity contribution in [2.45, 2.75) is 25.0 Å². The van der Waals surface area contributed by atoms with Gasteiger partial charge in [0, 0.05) is 19.3 Å². The van der Waals surface area contributed by atoms with Gasteiger partial charge in [-0.1, -0.05) is 0 Å². The van der Waals surface area contributed by atoms with Crippen molar-refractivity contribution < 1.29 is 4.74 Å². The number of methoxy groups -OCH3 is 1. The third-order valence-corrected chi connectivity index (χ3v) is 2.53. The number of nitrogens with one attached hydrogen (secondary N) is 1. The van der Waals surface area contributed by atoms with Crippen molar-refractivity contribution in [1.82, 2.24) is 9.97 Å². The van der Waals surface area contributed by atoms with E-state index in [0.29, 0.717) is 23.8 Å². The van der Waals surface area contributed by atoms with Gasteiger partial charge >= 0.3 is 0 Å². The van der Waals surface area contributed by atoms with Gasteiger partial charge in [0.1, 0.15) is 11.8 Å². The molecule has 0 aliphatic heterocycles. The SMILES string of the molecule is COC1CC(Nc2nccc(C#N)n2)C1. The molecule has 15 heavy (non-hydrogen) atoms. The Bertz CT molecular complexity index is 381. The second kappa shape index (κ2) is 4.24. The van der Waals surface area contributed by atoms with Gasteiger partial charge in [0.05, 0.1) is 6.10 Å². The number of anilines is 1. The summed E-state index contributed by atoms with van der Waals surface area (Å²) in [5, 5.41) is 11.8. The van der Waals surface area contributed by atoms with Crippen molar-refractivity contribution >= 4 is 5.95 Å². The lowest BCUT2D eigenvalue weighted by molar-refractivity contribution is 0.0327. The van der Waals surface area contributed by atoms with Crippen molar-refractivity contribution in [3.8, 4) is 6.07 Å². The number of nitriles is 1. The normalized spacial score (nSPS) is 24.0. The molecule has 1 N–H and O–H groups in total. The molecule has 1 aliphatic rings. The van der Waals surface area contributed by atoms with Gasteiger partial charge in [0.25, 0.3) is 0 Å². The van der Waals surface area contributed by atoms with E-state index in [2.05, 4.69) is 15.3 Å². The molecule has 1 heterocycles. The smallest absolute Gasteiger partial charge is 0.224 e. The second-order valence-corrected chi connectivity index (χ2v) is 3.55. The highest BCUT2D eigenvalue weighted by Gasteiger charge is 2.29. The van der Waals surface area contributed by atoms with E-state index in [-0.39, 0.29) is 0 Å². The van der Waals surface area contributed by atoms with Crippen LogP contribution in [0.25, 0.3) is 0 Å². The van der Waals surface area contributed by atoms with Crippen LogP contribution in [0.15, 0.2) is 12.3 Å². The van der Waals surface area contributed by atoms with E-state index in [9.17, 15) is 0 Å². The Balaban J connectivity index is 1.92. The summed E-state index contributed by atoms with van der Waals surface area (Å²) in [5.41, 5.74) is 0.384. The van der Waals surface area contributed by atoms with Crippen LogP contribution in [0.4, 0.5) is 5.95 Å². The number of hydrogen-bond acceptors (Lipinski definition) is 5. The maximum absolute atomic E-state index is 8.66. The fraction of sp³-hybridized carbons (Fsp3) is 0.500. The molecule has 0 spiro atoms. The van der Waals surface area contributed by atoms with E-state index in [4.69, 9.17) is 10.00 Å². The van der Waals surface area contributed by atoms with Gasteiger partial charge in [0.15, 0.2) is 0 Å². The lowest BCUT2D eigenvalue weighted by Crippen LogP contribution is -2.40. The minimum absolute atomic E-state index is 0.349. The lowest BCUT2D eigenvalue weighted by Gasteiger charge is -2.34. The lowest BCUT2D eigenvalue weighted by atomic mass is 9.89. The molecule has 5 nitrogen and oxygen atoms in total. The molecule has 1 aromatic rings. The Kier molecular flexibility index (Phi) is 2.79. The Morgan fingerprint density at radius 3 is 3.07 bits per heavy atom. The summed E-state index contributed by atoms with van der Waals surface area (Å²) in [6, 6.07) is 3.93. The molecule has 2 rings (SSSR count). The van der Waals surface area contributed by atoms with Crippen LogP contribution in [0.2, 0.25) is 0 Å². The monoisotopic (exact) mass is 204 g/mol. The molecule has 1 aliphatic carbocycles. The molecule has 0 aromatic carbocycles. The van der Waals surface area contributed by atoms with Crippen molar-refractivity contribution in [3.63, 3.8) is 0 Å². The predicted octanol–water partition coefficient (Wildman–Crippen LogP) is 0.938. The summed E-state index contributed by atoms with van der Waals surface area (Å²) >= 11 is 0. The fourth-order valence-electron chi connectivity index (χ4n) is 1.55. The van der Waals surface area contributed by atoms with Crippen molar-refractivity contribution in [1.29, 1.82) is 5.26 Å². The van der Waals surface area contributed by atoms with Crippen LogP contribution in [0.3, 0.4) is 0 Å². The molecule has 1 aromatic heterocycles. The first-order valence-electron chi connectivity index (χ1n) is 4.84. The maximum Gasteiger partial charge on any atom is 0.224 e. The maximum atomic E-state index is 8.66. The summed E-state index contributed by atoms with van der Waals surface area (Å²) in [6.07, 6.45) is 3.87. The average molecular weight is 204 g/mol. The van der Waals surface area contributed by atoms with Crippen LogP contribution in [0, 0.1) is 11.3 Å². The van der Waals surface area contributed by atoms with E-state index in [1.165, 1.54) is 0 Å². The minimum atomic E-state index is 0.349. The standard InChI is InChI=1S/C10H12N4O/c1-15-9-4-8(5-9)14-10-12-3-2-7(6-11)13-10/h2-3,8-9H,4-5H2,1H3,(H,12,13,14). The number of rotatable bonds is 3. The zero-order valence-corrected chi connectivity index (χ0v) is 8.47. The zero-order chi connectivity index (χ0) is 10.7. The number of nitrogens with zero attached hydrogens (tertiary/aromatic N) is 3. The van der Waals surface area contributed by atoms with Gasteiger partial charge in [0.2, 0.25) is 5.95 Å². The highest BCUT2D eigenvalue weighted by Crippen LogP contribution is 2.24. The van der Waals surface area contributed by atoms with Crippen LogP contribution in [0.1, 0.15) is 18.5 Å². The number of ether oxygens (including phenoxy) is 1. The molecule has 5 heteroatoms. The first-order chi connectivity index (χ1) is 7.31. The molecule has 78 valence electrons. The van der Waals surface area contributed by atoms with Crippen LogP contribution in [-0.2, 0) is 4.74 Å². The molecule has 0 bridgehead atoms. The van der Waals surface area contributed by atoms with Crippen molar-refractivity contribution in [3.05, 3.63) is 18.0 Å². The topological polar surface area (TPSA) is 70.8 Å². The molecule has 0 unspecified atom stereocenters. The van der Waals surface area contributed by atoms with Crippen molar-refractivity contribution in [2.24, 2.45) is 0 Å². The highest BCUT2D eigenvalue weighted by atomic mass is 16.5. The Morgan fingerprint density at radius 1 is 1.60 bits per heavy atom. The molecule has 0 amide bonds.